The van der Waals surface area contributed by atoms with Crippen molar-refractivity contribution >= 4 is 23.9 Å². The van der Waals surface area contributed by atoms with Gasteiger partial charge in [0.05, 0.1) is 11.1 Å². The number of hydrogen-bond acceptors (Lipinski definition) is 6. The average Bonchev–Trinajstić information content (AvgIpc) is 2.93. The molecule has 0 fully saturated rings. The van der Waals surface area contributed by atoms with E-state index in [1.807, 2.05) is 0 Å². The summed E-state index contributed by atoms with van der Waals surface area (Å²) in [5, 5.41) is 0. The van der Waals surface area contributed by atoms with Gasteiger partial charge in [-0.05, 0) is 30.2 Å². The van der Waals surface area contributed by atoms with Crippen LogP contribution in [0, 0.1) is 0 Å². The first kappa shape index (κ1) is 19.3. The van der Waals surface area contributed by atoms with Crippen LogP contribution in [0.5, 0.6) is 0 Å². The molecule has 2 heterocycles. The molecule has 0 saturated heterocycles. The smallest absolute Gasteiger partial charge is 0.387 e. The van der Waals surface area contributed by atoms with Crippen molar-refractivity contribution in [3.63, 3.8) is 0 Å². The molecule has 0 spiro atoms. The highest BCUT2D eigenvalue weighted by Crippen LogP contribution is 2.47. The number of esters is 4. The maximum absolute atomic E-state index is 14.1. The Morgan fingerprint density at radius 1 is 0.821 bits per heavy atom. The number of alkyl halides is 3. The van der Waals surface area contributed by atoms with Gasteiger partial charge in [0.25, 0.3) is 0 Å². The van der Waals surface area contributed by atoms with Crippen molar-refractivity contribution in [2.75, 3.05) is 0 Å². The van der Waals surface area contributed by atoms with E-state index in [0.29, 0.717) is 6.08 Å². The topological polar surface area (TPSA) is 86.7 Å². The monoisotopic (exact) mass is 392 g/mol. The van der Waals surface area contributed by atoms with Crippen molar-refractivity contribution in [1.29, 1.82) is 0 Å². The molecule has 9 heteroatoms. The molecular formula is C19H11F3O6. The van der Waals surface area contributed by atoms with Gasteiger partial charge in [-0.15, -0.1) is 0 Å². The average molecular weight is 392 g/mol. The minimum atomic E-state index is -4.86. The molecule has 28 heavy (non-hydrogen) atoms. The molecule has 1 aromatic rings. The molecule has 0 aliphatic carbocycles. The van der Waals surface area contributed by atoms with Crippen molar-refractivity contribution in [3.05, 3.63) is 70.8 Å². The lowest BCUT2D eigenvalue weighted by Gasteiger charge is -2.34. The first-order valence-corrected chi connectivity index (χ1v) is 7.84. The third-order valence-electron chi connectivity index (χ3n) is 4.47. The fourth-order valence-electron chi connectivity index (χ4n) is 2.83. The normalized spacial score (nSPS) is 23.2. The number of rotatable bonds is 2. The Kier molecular flexibility index (Phi) is 4.54. The maximum atomic E-state index is 14.1. The van der Waals surface area contributed by atoms with E-state index < -0.39 is 35.5 Å². The lowest BCUT2D eigenvalue weighted by atomic mass is 9.74. The summed E-state index contributed by atoms with van der Waals surface area (Å²) in [5.41, 5.74) is -3.83. The second kappa shape index (κ2) is 6.59. The maximum Gasteiger partial charge on any atom is 0.402 e. The molecule has 0 saturated carbocycles. The molecule has 0 aromatic heterocycles. The van der Waals surface area contributed by atoms with Crippen LogP contribution in [0.4, 0.5) is 13.2 Å². The molecule has 0 amide bonds. The zero-order chi connectivity index (χ0) is 20.7. The molecule has 1 unspecified atom stereocenters. The Hall–Kier alpha value is -3.49. The van der Waals surface area contributed by atoms with Gasteiger partial charge in [0.15, 0.2) is 0 Å². The summed E-state index contributed by atoms with van der Waals surface area (Å²) in [5.74, 6) is -4.14. The van der Waals surface area contributed by atoms with Crippen LogP contribution in [0.3, 0.4) is 0 Å². The van der Waals surface area contributed by atoms with E-state index in [1.54, 1.807) is 0 Å². The second-order valence-corrected chi connectivity index (χ2v) is 6.11. The summed E-state index contributed by atoms with van der Waals surface area (Å²) >= 11 is 0. The summed E-state index contributed by atoms with van der Waals surface area (Å²) in [7, 11) is 0. The number of hydrogen-bond donors (Lipinski definition) is 0. The van der Waals surface area contributed by atoms with Crippen LogP contribution in [-0.2, 0) is 24.5 Å². The molecule has 3 rings (SSSR count). The van der Waals surface area contributed by atoms with Crippen LogP contribution in [0.25, 0.3) is 0 Å². The fourth-order valence-corrected chi connectivity index (χ4v) is 2.83. The summed E-state index contributed by atoms with van der Waals surface area (Å²) in [6, 6.07) is 3.07. The van der Waals surface area contributed by atoms with Crippen molar-refractivity contribution in [2.24, 2.45) is 0 Å². The standard InChI is InChI=1S/C19H11F3O6/c1-18(19(20,21)22,10-3-2-4-14(23)27-15(24)8-6-10)11-5-7-12-13(9-11)17(26)28-16(12)25/h2-9H,1H3/b4-2+,8-6+,10-3+. The Balaban J connectivity index is 2.21. The summed E-state index contributed by atoms with van der Waals surface area (Å²) < 4.78 is 51.2. The molecule has 2 aliphatic heterocycles. The minimum Gasteiger partial charge on any atom is -0.387 e. The molecule has 1 atom stereocenters. The van der Waals surface area contributed by atoms with Crippen LogP contribution in [-0.4, -0.2) is 30.1 Å². The third kappa shape index (κ3) is 3.15. The largest absolute Gasteiger partial charge is 0.402 e. The minimum absolute atomic E-state index is 0.133. The highest BCUT2D eigenvalue weighted by Gasteiger charge is 2.54. The Labute approximate surface area is 155 Å². The van der Waals surface area contributed by atoms with Gasteiger partial charge in [-0.25, -0.2) is 19.2 Å². The number of benzene rings is 1. The van der Waals surface area contributed by atoms with Gasteiger partial charge < -0.3 is 9.47 Å². The van der Waals surface area contributed by atoms with Crippen molar-refractivity contribution < 1.29 is 41.8 Å². The van der Waals surface area contributed by atoms with Gasteiger partial charge in [-0.2, -0.15) is 13.2 Å². The first-order valence-electron chi connectivity index (χ1n) is 7.84. The van der Waals surface area contributed by atoms with Crippen molar-refractivity contribution in [1.82, 2.24) is 0 Å². The third-order valence-corrected chi connectivity index (χ3v) is 4.47. The summed E-state index contributed by atoms with van der Waals surface area (Å²) in [4.78, 5) is 46.1. The van der Waals surface area contributed by atoms with Crippen LogP contribution in [0.2, 0.25) is 0 Å². The van der Waals surface area contributed by atoms with E-state index in [0.717, 1.165) is 49.4 Å². The molecule has 144 valence electrons. The zero-order valence-electron chi connectivity index (χ0n) is 14.2. The predicted octanol–water partition coefficient (Wildman–Crippen LogP) is 2.94. The highest BCUT2D eigenvalue weighted by atomic mass is 19.4. The number of allylic oxidation sites excluding steroid dienone is 4. The van der Waals surface area contributed by atoms with Crippen LogP contribution in [0.1, 0.15) is 33.2 Å². The van der Waals surface area contributed by atoms with E-state index in [-0.39, 0.29) is 22.3 Å². The molecule has 0 N–H and O–H groups in total. The molecule has 0 radical (unpaired) electrons. The Bertz CT molecular complexity index is 999. The molecule has 0 bridgehead atoms. The number of ether oxygens (including phenoxy) is 2. The van der Waals surface area contributed by atoms with Gasteiger partial charge in [0.2, 0.25) is 0 Å². The SMILES string of the molecule is CC(C1=C/C=C/C(=O)OC(=O)\C=C\1)(c1ccc2c(c1)C(=O)OC2=O)C(F)(F)F. The lowest BCUT2D eigenvalue weighted by molar-refractivity contribution is -0.173. The van der Waals surface area contributed by atoms with Gasteiger partial charge in [0, 0.05) is 12.2 Å². The van der Waals surface area contributed by atoms with Crippen LogP contribution >= 0.6 is 0 Å². The van der Waals surface area contributed by atoms with Gasteiger partial charge in [-0.3, -0.25) is 0 Å². The number of carbonyl (C=O) groups is 4. The molecule has 1 aromatic carbocycles. The number of cyclic esters (lactones) is 4. The van der Waals surface area contributed by atoms with Crippen LogP contribution < -0.4 is 0 Å². The zero-order valence-corrected chi connectivity index (χ0v) is 14.2. The number of carbonyl (C=O) groups excluding carboxylic acids is 4. The summed E-state index contributed by atoms with van der Waals surface area (Å²) in [6.45, 7) is 0.853. The summed E-state index contributed by atoms with van der Waals surface area (Å²) in [6.07, 6.45) is -0.433. The van der Waals surface area contributed by atoms with Crippen molar-refractivity contribution in [3.8, 4) is 0 Å². The Morgan fingerprint density at radius 2 is 1.46 bits per heavy atom. The number of halogens is 3. The number of fused-ring (bicyclic) bond motifs is 1. The molecular weight excluding hydrogens is 381 g/mol. The van der Waals surface area contributed by atoms with E-state index in [1.165, 1.54) is 0 Å². The first-order chi connectivity index (χ1) is 13.0. The fraction of sp³-hybridized carbons (Fsp3) is 0.158. The quantitative estimate of drug-likeness (QED) is 0.568. The van der Waals surface area contributed by atoms with E-state index in [4.69, 9.17) is 0 Å². The molecule has 2 aliphatic rings. The molecule has 6 nitrogen and oxygen atoms in total. The lowest BCUT2D eigenvalue weighted by Crippen LogP contribution is -2.41. The van der Waals surface area contributed by atoms with E-state index in [2.05, 4.69) is 9.47 Å². The van der Waals surface area contributed by atoms with E-state index >= 15 is 0 Å². The Morgan fingerprint density at radius 3 is 2.14 bits per heavy atom. The highest BCUT2D eigenvalue weighted by molar-refractivity contribution is 6.14. The van der Waals surface area contributed by atoms with Gasteiger partial charge in [0.1, 0.15) is 5.41 Å². The predicted molar refractivity (Wildman–Crippen MR) is 87.1 cm³/mol. The second-order valence-electron chi connectivity index (χ2n) is 6.11. The van der Waals surface area contributed by atoms with Crippen molar-refractivity contribution in [2.45, 2.75) is 18.5 Å². The van der Waals surface area contributed by atoms with Gasteiger partial charge in [-0.1, -0.05) is 24.3 Å². The van der Waals surface area contributed by atoms with Gasteiger partial charge >= 0.3 is 30.1 Å². The van der Waals surface area contributed by atoms with Crippen LogP contribution in [0.15, 0.2) is 54.2 Å². The van der Waals surface area contributed by atoms with E-state index in [9.17, 15) is 32.3 Å².